The number of aromatic nitrogens is 2. The molecule has 4 nitrogen and oxygen atoms in total. The van der Waals surface area contributed by atoms with Crippen molar-refractivity contribution in [3.63, 3.8) is 0 Å². The first-order valence-electron chi connectivity index (χ1n) is 5.47. The van der Waals surface area contributed by atoms with E-state index in [1.165, 1.54) is 11.3 Å². The smallest absolute Gasteiger partial charge is 0.0626 e. The predicted octanol–water partition coefficient (Wildman–Crippen LogP) is 0.720. The van der Waals surface area contributed by atoms with Gasteiger partial charge in [0.05, 0.1) is 5.69 Å². The van der Waals surface area contributed by atoms with Gasteiger partial charge in [-0.25, -0.2) is 0 Å². The largest absolute Gasteiger partial charge is 0.315 e. The maximum absolute atomic E-state index is 4.18. The molecule has 0 atom stereocenters. The fourth-order valence-electron chi connectivity index (χ4n) is 1.58. The SMILES string of the molecule is Cc1n[nH]c(C)c1CCNCCN(C)C. The molecule has 0 aliphatic heterocycles. The van der Waals surface area contributed by atoms with E-state index in [1.54, 1.807) is 0 Å². The van der Waals surface area contributed by atoms with E-state index in [0.717, 1.165) is 31.7 Å². The number of likely N-dealkylation sites (N-methyl/N-ethyl adjacent to an activating group) is 1. The van der Waals surface area contributed by atoms with Crippen molar-refractivity contribution in [1.29, 1.82) is 0 Å². The minimum atomic E-state index is 1.02. The van der Waals surface area contributed by atoms with Crippen LogP contribution in [0.25, 0.3) is 0 Å². The first kappa shape index (κ1) is 12.2. The minimum Gasteiger partial charge on any atom is -0.315 e. The average molecular weight is 210 g/mol. The Morgan fingerprint density at radius 1 is 1.27 bits per heavy atom. The zero-order valence-electron chi connectivity index (χ0n) is 10.2. The van der Waals surface area contributed by atoms with Gasteiger partial charge in [0, 0.05) is 18.8 Å². The van der Waals surface area contributed by atoms with Gasteiger partial charge < -0.3 is 10.2 Å². The predicted molar refractivity (Wildman–Crippen MR) is 63.2 cm³/mol. The van der Waals surface area contributed by atoms with Crippen LogP contribution in [0.5, 0.6) is 0 Å². The van der Waals surface area contributed by atoms with Crippen molar-refractivity contribution in [1.82, 2.24) is 20.4 Å². The van der Waals surface area contributed by atoms with E-state index >= 15 is 0 Å². The number of nitrogens with one attached hydrogen (secondary N) is 2. The highest BCUT2D eigenvalue weighted by atomic mass is 15.1. The molecule has 0 saturated carbocycles. The lowest BCUT2D eigenvalue weighted by atomic mass is 10.1. The molecule has 0 saturated heterocycles. The zero-order valence-corrected chi connectivity index (χ0v) is 10.2. The van der Waals surface area contributed by atoms with Gasteiger partial charge in [0.2, 0.25) is 0 Å². The molecule has 0 fully saturated rings. The highest BCUT2D eigenvalue weighted by Crippen LogP contribution is 2.08. The Balaban J connectivity index is 2.20. The highest BCUT2D eigenvalue weighted by molar-refractivity contribution is 5.23. The molecule has 0 aromatic carbocycles. The van der Waals surface area contributed by atoms with Crippen molar-refractivity contribution in [2.24, 2.45) is 0 Å². The van der Waals surface area contributed by atoms with Crippen molar-refractivity contribution < 1.29 is 0 Å². The van der Waals surface area contributed by atoms with Gasteiger partial charge >= 0.3 is 0 Å². The molecule has 2 N–H and O–H groups in total. The summed E-state index contributed by atoms with van der Waals surface area (Å²) in [5, 5.41) is 10.6. The summed E-state index contributed by atoms with van der Waals surface area (Å²) in [4.78, 5) is 2.18. The Bertz CT molecular complexity index is 271. The molecule has 86 valence electrons. The molecule has 0 radical (unpaired) electrons. The molecule has 0 unspecified atom stereocenters. The van der Waals surface area contributed by atoms with E-state index in [2.05, 4.69) is 48.4 Å². The summed E-state index contributed by atoms with van der Waals surface area (Å²) in [6.45, 7) is 7.29. The zero-order chi connectivity index (χ0) is 11.3. The Morgan fingerprint density at radius 2 is 2.00 bits per heavy atom. The first-order valence-corrected chi connectivity index (χ1v) is 5.47. The Hall–Kier alpha value is -0.870. The van der Waals surface area contributed by atoms with E-state index in [9.17, 15) is 0 Å². The van der Waals surface area contributed by atoms with Crippen molar-refractivity contribution in [2.45, 2.75) is 20.3 Å². The molecule has 0 bridgehead atoms. The number of hydrogen-bond donors (Lipinski definition) is 2. The Morgan fingerprint density at radius 3 is 2.53 bits per heavy atom. The van der Waals surface area contributed by atoms with Crippen LogP contribution >= 0.6 is 0 Å². The normalized spacial score (nSPS) is 11.3. The van der Waals surface area contributed by atoms with Crippen LogP contribution in [-0.2, 0) is 6.42 Å². The van der Waals surface area contributed by atoms with Crippen molar-refractivity contribution in [3.05, 3.63) is 17.0 Å². The molecule has 15 heavy (non-hydrogen) atoms. The fraction of sp³-hybridized carbons (Fsp3) is 0.727. The molecular formula is C11H22N4. The average Bonchev–Trinajstić information content (AvgIpc) is 2.47. The molecule has 0 amide bonds. The van der Waals surface area contributed by atoms with Gasteiger partial charge in [0.1, 0.15) is 0 Å². The Labute approximate surface area is 92.1 Å². The van der Waals surface area contributed by atoms with E-state index in [1.807, 2.05) is 0 Å². The summed E-state index contributed by atoms with van der Waals surface area (Å²) in [7, 11) is 4.18. The van der Waals surface area contributed by atoms with Crippen LogP contribution < -0.4 is 5.32 Å². The maximum atomic E-state index is 4.18. The van der Waals surface area contributed by atoms with E-state index in [4.69, 9.17) is 0 Å². The summed E-state index contributed by atoms with van der Waals surface area (Å²) in [6.07, 6.45) is 1.06. The molecule has 0 aliphatic carbocycles. The van der Waals surface area contributed by atoms with Crippen molar-refractivity contribution in [2.75, 3.05) is 33.7 Å². The van der Waals surface area contributed by atoms with Gasteiger partial charge in [-0.2, -0.15) is 5.10 Å². The topological polar surface area (TPSA) is 44.0 Å². The van der Waals surface area contributed by atoms with Crippen LogP contribution in [-0.4, -0.2) is 48.8 Å². The molecule has 1 aromatic heterocycles. The number of hydrogen-bond acceptors (Lipinski definition) is 3. The van der Waals surface area contributed by atoms with Crippen LogP contribution in [0.15, 0.2) is 0 Å². The van der Waals surface area contributed by atoms with Crippen molar-refractivity contribution >= 4 is 0 Å². The minimum absolute atomic E-state index is 1.02. The summed E-state index contributed by atoms with van der Waals surface area (Å²) >= 11 is 0. The van der Waals surface area contributed by atoms with Crippen LogP contribution in [0.4, 0.5) is 0 Å². The molecule has 1 rings (SSSR count). The van der Waals surface area contributed by atoms with Crippen LogP contribution in [0.2, 0.25) is 0 Å². The third-order valence-electron chi connectivity index (χ3n) is 2.57. The number of rotatable bonds is 6. The van der Waals surface area contributed by atoms with Crippen LogP contribution in [0.1, 0.15) is 17.0 Å². The molecule has 4 heteroatoms. The summed E-state index contributed by atoms with van der Waals surface area (Å²) in [5.41, 5.74) is 3.68. The van der Waals surface area contributed by atoms with Crippen LogP contribution in [0, 0.1) is 13.8 Å². The third-order valence-corrected chi connectivity index (χ3v) is 2.57. The maximum Gasteiger partial charge on any atom is 0.0626 e. The molecule has 0 aliphatic rings. The lowest BCUT2D eigenvalue weighted by Gasteiger charge is -2.10. The molecule has 1 aromatic rings. The number of nitrogens with zero attached hydrogens (tertiary/aromatic N) is 2. The van der Waals surface area contributed by atoms with Crippen molar-refractivity contribution in [3.8, 4) is 0 Å². The number of H-pyrrole nitrogens is 1. The second kappa shape index (κ2) is 5.88. The number of aromatic amines is 1. The van der Waals surface area contributed by atoms with Gasteiger partial charge in [0.25, 0.3) is 0 Å². The molecule has 0 spiro atoms. The van der Waals surface area contributed by atoms with Gasteiger partial charge in [-0.05, 0) is 46.5 Å². The highest BCUT2D eigenvalue weighted by Gasteiger charge is 2.04. The summed E-state index contributed by atoms with van der Waals surface area (Å²) in [5.74, 6) is 0. The summed E-state index contributed by atoms with van der Waals surface area (Å²) in [6, 6.07) is 0. The quantitative estimate of drug-likeness (QED) is 0.680. The lowest BCUT2D eigenvalue weighted by molar-refractivity contribution is 0.401. The monoisotopic (exact) mass is 210 g/mol. The standard InChI is InChI=1S/C11H22N4/c1-9-11(10(2)14-13-9)5-6-12-7-8-15(3)4/h12H,5-8H2,1-4H3,(H,13,14). The fourth-order valence-corrected chi connectivity index (χ4v) is 1.58. The third kappa shape index (κ3) is 4.01. The Kier molecular flexibility index (Phi) is 4.78. The second-order valence-corrected chi connectivity index (χ2v) is 4.22. The number of aryl methyl sites for hydroxylation is 2. The molecular weight excluding hydrogens is 188 g/mol. The van der Waals surface area contributed by atoms with E-state index in [0.29, 0.717) is 0 Å². The summed E-state index contributed by atoms with van der Waals surface area (Å²) < 4.78 is 0. The van der Waals surface area contributed by atoms with Gasteiger partial charge in [-0.3, -0.25) is 5.10 Å². The molecule has 1 heterocycles. The van der Waals surface area contributed by atoms with Gasteiger partial charge in [-0.1, -0.05) is 0 Å². The van der Waals surface area contributed by atoms with Crippen LogP contribution in [0.3, 0.4) is 0 Å². The lowest BCUT2D eigenvalue weighted by Crippen LogP contribution is -2.28. The van der Waals surface area contributed by atoms with E-state index in [-0.39, 0.29) is 0 Å². The van der Waals surface area contributed by atoms with Gasteiger partial charge in [-0.15, -0.1) is 0 Å². The van der Waals surface area contributed by atoms with Gasteiger partial charge in [0.15, 0.2) is 0 Å². The second-order valence-electron chi connectivity index (χ2n) is 4.22. The first-order chi connectivity index (χ1) is 7.11. The van der Waals surface area contributed by atoms with E-state index < -0.39 is 0 Å².